The van der Waals surface area contributed by atoms with E-state index in [1.807, 2.05) is 30.3 Å². The Morgan fingerprint density at radius 2 is 1.71 bits per heavy atom. The van der Waals surface area contributed by atoms with E-state index in [4.69, 9.17) is 4.98 Å². The fourth-order valence-corrected chi connectivity index (χ4v) is 4.54. The van der Waals surface area contributed by atoms with Crippen LogP contribution < -0.4 is 0 Å². The summed E-state index contributed by atoms with van der Waals surface area (Å²) in [4.78, 5) is 17.5. The summed E-state index contributed by atoms with van der Waals surface area (Å²) in [5, 5.41) is 0.952. The van der Waals surface area contributed by atoms with Crippen molar-refractivity contribution in [2.24, 2.45) is 0 Å². The molecule has 0 saturated carbocycles. The van der Waals surface area contributed by atoms with E-state index in [0.717, 1.165) is 32.8 Å². The molecule has 140 valence electrons. The Hall–Kier alpha value is -2.85. The molecule has 2 nitrogen and oxygen atoms in total. The van der Waals surface area contributed by atoms with Gasteiger partial charge in [0.25, 0.3) is 0 Å². The molecule has 0 bridgehead atoms. The van der Waals surface area contributed by atoms with Crippen LogP contribution in [0.2, 0.25) is 0 Å². The molecule has 1 heterocycles. The van der Waals surface area contributed by atoms with Crippen LogP contribution in [0.4, 0.5) is 4.39 Å². The van der Waals surface area contributed by atoms with Crippen molar-refractivity contribution in [2.75, 3.05) is 0 Å². The fraction of sp³-hybridized carbons (Fsp3) is 0.167. The smallest absolute Gasteiger partial charge is 0.166 e. The van der Waals surface area contributed by atoms with E-state index in [-0.39, 0.29) is 23.7 Å². The summed E-state index contributed by atoms with van der Waals surface area (Å²) in [6, 6.07) is 22.4. The zero-order chi connectivity index (χ0) is 19.5. The van der Waals surface area contributed by atoms with Gasteiger partial charge in [-0.15, -0.1) is 11.3 Å². The van der Waals surface area contributed by atoms with E-state index in [1.54, 1.807) is 29.5 Å². The molecule has 1 atom stereocenters. The summed E-state index contributed by atoms with van der Waals surface area (Å²) in [6.45, 7) is 2.06. The highest BCUT2D eigenvalue weighted by molar-refractivity contribution is 7.21. The van der Waals surface area contributed by atoms with Crippen molar-refractivity contribution in [3.8, 4) is 10.6 Å². The number of para-hydroxylation sites is 1. The zero-order valence-corrected chi connectivity index (χ0v) is 16.4. The van der Waals surface area contributed by atoms with Gasteiger partial charge >= 0.3 is 0 Å². The summed E-state index contributed by atoms with van der Waals surface area (Å²) >= 11 is 1.65. The Morgan fingerprint density at radius 3 is 2.50 bits per heavy atom. The highest BCUT2D eigenvalue weighted by Crippen LogP contribution is 2.37. The molecule has 4 aromatic rings. The van der Waals surface area contributed by atoms with E-state index in [9.17, 15) is 9.18 Å². The molecule has 0 aliphatic carbocycles. The number of ketones is 1. The molecule has 0 aliphatic heterocycles. The maximum absolute atomic E-state index is 14.0. The number of hydrogen-bond acceptors (Lipinski definition) is 3. The van der Waals surface area contributed by atoms with Crippen molar-refractivity contribution in [3.05, 3.63) is 89.7 Å². The van der Waals surface area contributed by atoms with Crippen LogP contribution in [-0.4, -0.2) is 10.8 Å². The number of carbonyl (C=O) groups excluding carboxylic acids is 1. The largest absolute Gasteiger partial charge is 0.294 e. The van der Waals surface area contributed by atoms with Gasteiger partial charge in [0, 0.05) is 12.0 Å². The van der Waals surface area contributed by atoms with Gasteiger partial charge < -0.3 is 0 Å². The number of benzene rings is 3. The maximum Gasteiger partial charge on any atom is 0.166 e. The van der Waals surface area contributed by atoms with Crippen molar-refractivity contribution in [2.45, 2.75) is 25.7 Å². The molecule has 4 heteroatoms. The number of fused-ring (bicyclic) bond motifs is 1. The Morgan fingerprint density at radius 1 is 1.00 bits per heavy atom. The second-order valence-corrected chi connectivity index (χ2v) is 7.82. The number of rotatable bonds is 6. The zero-order valence-electron chi connectivity index (χ0n) is 15.6. The molecular formula is C24H20FNOS. The molecule has 0 fully saturated rings. The summed E-state index contributed by atoms with van der Waals surface area (Å²) in [5.41, 5.74) is 3.29. The number of Topliss-reactive ketones (excluding diaryl/α,β-unsaturated/α-hetero) is 1. The van der Waals surface area contributed by atoms with E-state index in [0.29, 0.717) is 0 Å². The van der Waals surface area contributed by atoms with Crippen molar-refractivity contribution in [1.82, 2.24) is 4.98 Å². The van der Waals surface area contributed by atoms with Gasteiger partial charge in [-0.1, -0.05) is 55.5 Å². The van der Waals surface area contributed by atoms with Gasteiger partial charge in [0.15, 0.2) is 5.78 Å². The third-order valence-electron chi connectivity index (χ3n) is 5.02. The molecule has 0 aliphatic rings. The molecule has 0 N–H and O–H groups in total. The van der Waals surface area contributed by atoms with Crippen LogP contribution in [0.1, 0.15) is 41.6 Å². The second kappa shape index (κ2) is 8.03. The average Bonchev–Trinajstić information content (AvgIpc) is 3.16. The first-order valence-electron chi connectivity index (χ1n) is 9.40. The van der Waals surface area contributed by atoms with Crippen molar-refractivity contribution in [3.63, 3.8) is 0 Å². The molecule has 0 amide bonds. The molecular weight excluding hydrogens is 369 g/mol. The topological polar surface area (TPSA) is 30.0 Å². The van der Waals surface area contributed by atoms with Gasteiger partial charge in [-0.3, -0.25) is 4.79 Å². The molecule has 1 unspecified atom stereocenters. The van der Waals surface area contributed by atoms with Crippen LogP contribution in [0.3, 0.4) is 0 Å². The third kappa shape index (κ3) is 3.60. The highest BCUT2D eigenvalue weighted by atomic mass is 32.1. The Labute approximate surface area is 167 Å². The van der Waals surface area contributed by atoms with Gasteiger partial charge in [-0.05, 0) is 42.2 Å². The van der Waals surface area contributed by atoms with Gasteiger partial charge in [0.05, 0.1) is 15.8 Å². The SMILES string of the molecule is CCC(CC(=O)c1ccccc1F)c1ccccc1-c1nc2ccccc2s1. The third-order valence-corrected chi connectivity index (χ3v) is 6.09. The predicted octanol–water partition coefficient (Wildman–Crippen LogP) is 6.87. The number of halogens is 1. The van der Waals surface area contributed by atoms with Crippen molar-refractivity contribution in [1.29, 1.82) is 0 Å². The maximum atomic E-state index is 14.0. The molecule has 4 rings (SSSR count). The van der Waals surface area contributed by atoms with Gasteiger partial charge in [-0.25, -0.2) is 9.37 Å². The minimum Gasteiger partial charge on any atom is -0.294 e. The average molecular weight is 389 g/mol. The van der Waals surface area contributed by atoms with Crippen LogP contribution in [0.15, 0.2) is 72.8 Å². The van der Waals surface area contributed by atoms with Gasteiger partial charge in [0.1, 0.15) is 10.8 Å². The highest BCUT2D eigenvalue weighted by Gasteiger charge is 2.21. The lowest BCUT2D eigenvalue weighted by molar-refractivity contribution is 0.0969. The summed E-state index contributed by atoms with van der Waals surface area (Å²) in [5.74, 6) is -0.610. The Bertz CT molecular complexity index is 1100. The van der Waals surface area contributed by atoms with E-state index >= 15 is 0 Å². The lowest BCUT2D eigenvalue weighted by atomic mass is 9.87. The molecule has 0 radical (unpaired) electrons. The summed E-state index contributed by atoms with van der Waals surface area (Å²) in [7, 11) is 0. The first-order valence-corrected chi connectivity index (χ1v) is 10.2. The number of thiazole rings is 1. The minimum absolute atomic E-state index is 0.00955. The fourth-order valence-electron chi connectivity index (χ4n) is 3.53. The summed E-state index contributed by atoms with van der Waals surface area (Å²) in [6.07, 6.45) is 1.07. The van der Waals surface area contributed by atoms with Crippen LogP contribution in [0.5, 0.6) is 0 Å². The van der Waals surface area contributed by atoms with Crippen LogP contribution in [0.25, 0.3) is 20.8 Å². The molecule has 0 saturated heterocycles. The van der Waals surface area contributed by atoms with Crippen molar-refractivity contribution < 1.29 is 9.18 Å². The monoisotopic (exact) mass is 389 g/mol. The molecule has 28 heavy (non-hydrogen) atoms. The van der Waals surface area contributed by atoms with Crippen LogP contribution in [-0.2, 0) is 0 Å². The molecule has 1 aromatic heterocycles. The van der Waals surface area contributed by atoms with Crippen LogP contribution >= 0.6 is 11.3 Å². The summed E-state index contributed by atoms with van der Waals surface area (Å²) < 4.78 is 15.2. The lowest BCUT2D eigenvalue weighted by Crippen LogP contribution is -2.09. The van der Waals surface area contributed by atoms with Crippen molar-refractivity contribution >= 4 is 27.3 Å². The standard InChI is InChI=1S/C24H20FNOS/c1-2-16(15-22(27)19-11-5-6-12-20(19)25)17-9-3-4-10-18(17)24-26-21-13-7-8-14-23(21)28-24/h3-14,16H,2,15H2,1H3. The number of nitrogens with zero attached hydrogens (tertiary/aromatic N) is 1. The van der Waals surface area contributed by atoms with E-state index in [1.165, 1.54) is 6.07 Å². The normalized spacial score (nSPS) is 12.2. The first-order chi connectivity index (χ1) is 13.7. The Balaban J connectivity index is 1.69. The number of aromatic nitrogens is 1. The molecule has 0 spiro atoms. The Kier molecular flexibility index (Phi) is 5.31. The minimum atomic E-state index is -0.457. The molecule has 3 aromatic carbocycles. The first kappa shape index (κ1) is 18.5. The lowest BCUT2D eigenvalue weighted by Gasteiger charge is -2.18. The van der Waals surface area contributed by atoms with E-state index < -0.39 is 5.82 Å². The predicted molar refractivity (Wildman–Crippen MR) is 113 cm³/mol. The van der Waals surface area contributed by atoms with Gasteiger partial charge in [0.2, 0.25) is 0 Å². The van der Waals surface area contributed by atoms with Crippen LogP contribution in [0, 0.1) is 5.82 Å². The van der Waals surface area contributed by atoms with Gasteiger partial charge in [-0.2, -0.15) is 0 Å². The quantitative estimate of drug-likeness (QED) is 0.337. The number of hydrogen-bond donors (Lipinski definition) is 0. The number of carbonyl (C=O) groups is 1. The second-order valence-electron chi connectivity index (χ2n) is 6.79. The van der Waals surface area contributed by atoms with E-state index in [2.05, 4.69) is 25.1 Å².